The fourth-order valence-corrected chi connectivity index (χ4v) is 0.290. The Kier molecular flexibility index (Phi) is 3.76. The van der Waals surface area contributed by atoms with Crippen LogP contribution in [0.25, 0.3) is 0 Å². The second-order valence-electron chi connectivity index (χ2n) is 1.47. The average Bonchev–Trinajstić information content (AvgIpc) is 1.66. The molecule has 0 atom stereocenters. The summed E-state index contributed by atoms with van der Waals surface area (Å²) in [6.45, 7) is 1.48. The molecule has 2 heteroatoms. The highest BCUT2D eigenvalue weighted by Crippen LogP contribution is 1.81. The second-order valence-corrected chi connectivity index (χ2v) is 1.47. The van der Waals surface area contributed by atoms with Gasteiger partial charge in [-0.15, -0.1) is 0 Å². The third kappa shape index (κ3) is 5.08. The van der Waals surface area contributed by atoms with E-state index in [4.69, 9.17) is 0 Å². The van der Waals surface area contributed by atoms with E-state index in [-0.39, 0.29) is 5.78 Å². The van der Waals surface area contributed by atoms with E-state index in [9.17, 15) is 9.59 Å². The van der Waals surface area contributed by atoms with E-state index in [1.807, 2.05) is 0 Å². The lowest BCUT2D eigenvalue weighted by atomic mass is 10.3. The molecule has 0 aromatic heterocycles. The summed E-state index contributed by atoms with van der Waals surface area (Å²) >= 11 is 0. The molecule has 0 amide bonds. The first-order valence-electron chi connectivity index (χ1n) is 2.37. The lowest BCUT2D eigenvalue weighted by molar-refractivity contribution is -0.116. The number of carbonyl (C=O) groups is 2. The summed E-state index contributed by atoms with van der Waals surface area (Å²) in [5.74, 6) is 0.0723. The highest BCUT2D eigenvalue weighted by Gasteiger charge is 1.82. The van der Waals surface area contributed by atoms with Crippen molar-refractivity contribution in [2.45, 2.75) is 13.3 Å². The minimum absolute atomic E-state index is 0.0723. The van der Waals surface area contributed by atoms with Crippen LogP contribution in [0.15, 0.2) is 12.2 Å². The predicted octanol–water partition coefficient (Wildman–Crippen LogP) is 0.721. The first kappa shape index (κ1) is 7.08. The molecule has 0 saturated heterocycles. The summed E-state index contributed by atoms with van der Waals surface area (Å²) < 4.78 is 0. The number of ketones is 1. The van der Waals surface area contributed by atoms with Crippen molar-refractivity contribution in [1.29, 1.82) is 0 Å². The molecule has 0 aliphatic carbocycles. The van der Waals surface area contributed by atoms with Gasteiger partial charge in [0.25, 0.3) is 0 Å². The molecule has 8 heavy (non-hydrogen) atoms. The van der Waals surface area contributed by atoms with Crippen LogP contribution in [-0.4, -0.2) is 12.1 Å². The van der Waals surface area contributed by atoms with Crippen molar-refractivity contribution < 1.29 is 9.59 Å². The zero-order valence-electron chi connectivity index (χ0n) is 4.76. The molecule has 0 aliphatic heterocycles. The van der Waals surface area contributed by atoms with Gasteiger partial charge in [0.1, 0.15) is 12.1 Å². The molecule has 0 fully saturated rings. The number of carbonyl (C=O) groups excluding carboxylic acids is 2. The lowest BCUT2D eigenvalue weighted by Crippen LogP contribution is -1.83. The highest BCUT2D eigenvalue weighted by molar-refractivity contribution is 5.78. The molecule has 0 aromatic rings. The molecule has 0 radical (unpaired) electrons. The van der Waals surface area contributed by atoms with Crippen LogP contribution in [0.1, 0.15) is 13.3 Å². The van der Waals surface area contributed by atoms with E-state index in [0.29, 0.717) is 12.7 Å². The van der Waals surface area contributed by atoms with Crippen LogP contribution in [0, 0.1) is 0 Å². The first-order chi connectivity index (χ1) is 3.77. The maximum atomic E-state index is 10.2. The van der Waals surface area contributed by atoms with Crippen molar-refractivity contribution in [3.63, 3.8) is 0 Å². The van der Waals surface area contributed by atoms with Gasteiger partial charge in [-0.2, -0.15) is 0 Å². The van der Waals surface area contributed by atoms with Gasteiger partial charge in [-0.05, 0) is 13.0 Å². The molecule has 0 bridgehead atoms. The van der Waals surface area contributed by atoms with Crippen molar-refractivity contribution in [1.82, 2.24) is 0 Å². The van der Waals surface area contributed by atoms with Crippen LogP contribution >= 0.6 is 0 Å². The Hall–Kier alpha value is -0.920. The standard InChI is InChI=1S/C6H8O2/c1-6(8)4-2-3-5-7/h2-3,5H,4H2,1H3. The Morgan fingerprint density at radius 2 is 2.25 bits per heavy atom. The Labute approximate surface area is 48.2 Å². The molecule has 0 unspecified atom stereocenters. The first-order valence-corrected chi connectivity index (χ1v) is 2.37. The summed E-state index contributed by atoms with van der Waals surface area (Å²) in [5.41, 5.74) is 0. The normalized spacial score (nSPS) is 9.62. The maximum Gasteiger partial charge on any atom is 0.142 e. The average molecular weight is 112 g/mol. The van der Waals surface area contributed by atoms with E-state index in [2.05, 4.69) is 0 Å². The van der Waals surface area contributed by atoms with Crippen LogP contribution in [0.4, 0.5) is 0 Å². The summed E-state index contributed by atoms with van der Waals surface area (Å²) in [5, 5.41) is 0. The molecule has 0 saturated carbocycles. The molecular weight excluding hydrogens is 104 g/mol. The maximum absolute atomic E-state index is 10.2. The van der Waals surface area contributed by atoms with Gasteiger partial charge in [0.15, 0.2) is 0 Å². The number of allylic oxidation sites excluding steroid dienone is 2. The minimum atomic E-state index is 0.0723. The van der Waals surface area contributed by atoms with Crippen LogP contribution in [0.5, 0.6) is 0 Å². The molecule has 0 heterocycles. The number of hydrogen-bond acceptors (Lipinski definition) is 2. The second kappa shape index (κ2) is 4.24. The van der Waals surface area contributed by atoms with E-state index in [1.165, 1.54) is 19.1 Å². The van der Waals surface area contributed by atoms with E-state index >= 15 is 0 Å². The summed E-state index contributed by atoms with van der Waals surface area (Å²) in [4.78, 5) is 19.7. The quantitative estimate of drug-likeness (QED) is 0.398. The zero-order chi connectivity index (χ0) is 6.41. The van der Waals surface area contributed by atoms with Crippen LogP contribution < -0.4 is 0 Å². The third-order valence-corrected chi connectivity index (χ3v) is 0.620. The van der Waals surface area contributed by atoms with Crippen LogP contribution in [0.3, 0.4) is 0 Å². The predicted molar refractivity (Wildman–Crippen MR) is 30.5 cm³/mol. The fraction of sp³-hybridized carbons (Fsp3) is 0.333. The van der Waals surface area contributed by atoms with Gasteiger partial charge < -0.3 is 0 Å². The molecule has 0 spiro atoms. The molecule has 2 nitrogen and oxygen atoms in total. The van der Waals surface area contributed by atoms with E-state index in [1.54, 1.807) is 0 Å². The highest BCUT2D eigenvalue weighted by atomic mass is 16.1. The molecule has 0 N–H and O–H groups in total. The Morgan fingerprint density at radius 3 is 2.62 bits per heavy atom. The number of aldehydes is 1. The number of Topliss-reactive ketones (excluding diaryl/α,β-unsaturated/α-hetero) is 1. The summed E-state index contributed by atoms with van der Waals surface area (Å²) in [6, 6.07) is 0. The van der Waals surface area contributed by atoms with Gasteiger partial charge >= 0.3 is 0 Å². The Bertz CT molecular complexity index is 114. The molecular formula is C6H8O2. The van der Waals surface area contributed by atoms with E-state index in [0.717, 1.165) is 0 Å². The van der Waals surface area contributed by atoms with Gasteiger partial charge in [-0.1, -0.05) is 6.08 Å². The number of rotatable bonds is 3. The molecule has 0 aromatic carbocycles. The van der Waals surface area contributed by atoms with Crippen molar-refractivity contribution in [3.8, 4) is 0 Å². The van der Waals surface area contributed by atoms with Crippen LogP contribution in [-0.2, 0) is 9.59 Å². The summed E-state index contributed by atoms with van der Waals surface area (Å²) in [7, 11) is 0. The van der Waals surface area contributed by atoms with Crippen molar-refractivity contribution in [2.75, 3.05) is 0 Å². The molecule has 44 valence electrons. The fourth-order valence-electron chi connectivity index (χ4n) is 0.290. The molecule has 0 aliphatic rings. The van der Waals surface area contributed by atoms with Crippen molar-refractivity contribution >= 4 is 12.1 Å². The minimum Gasteiger partial charge on any atom is -0.300 e. The van der Waals surface area contributed by atoms with E-state index < -0.39 is 0 Å². The Balaban J connectivity index is 3.29. The molecule has 0 rings (SSSR count). The lowest BCUT2D eigenvalue weighted by Gasteiger charge is -1.77. The van der Waals surface area contributed by atoms with Gasteiger partial charge in [0.2, 0.25) is 0 Å². The summed E-state index contributed by atoms with van der Waals surface area (Å²) in [6.07, 6.45) is 3.87. The Morgan fingerprint density at radius 1 is 1.62 bits per heavy atom. The van der Waals surface area contributed by atoms with Crippen molar-refractivity contribution in [3.05, 3.63) is 12.2 Å². The van der Waals surface area contributed by atoms with Gasteiger partial charge in [-0.3, -0.25) is 9.59 Å². The SMILES string of the molecule is CC(=O)CC=CC=O. The van der Waals surface area contributed by atoms with Gasteiger partial charge in [0, 0.05) is 6.42 Å². The van der Waals surface area contributed by atoms with Gasteiger partial charge in [0.05, 0.1) is 0 Å². The smallest absolute Gasteiger partial charge is 0.142 e. The monoisotopic (exact) mass is 112 g/mol. The topological polar surface area (TPSA) is 34.1 Å². The zero-order valence-corrected chi connectivity index (χ0v) is 4.76. The third-order valence-electron chi connectivity index (χ3n) is 0.620. The van der Waals surface area contributed by atoms with Crippen molar-refractivity contribution in [2.24, 2.45) is 0 Å². The number of hydrogen-bond donors (Lipinski definition) is 0. The van der Waals surface area contributed by atoms with Crippen LogP contribution in [0.2, 0.25) is 0 Å². The largest absolute Gasteiger partial charge is 0.300 e. The van der Waals surface area contributed by atoms with Gasteiger partial charge in [-0.25, -0.2) is 0 Å².